The van der Waals surface area contributed by atoms with Crippen molar-refractivity contribution in [3.8, 4) is 22.8 Å². The Balaban J connectivity index is 1.94. The number of methoxy groups -OCH3 is 2. The summed E-state index contributed by atoms with van der Waals surface area (Å²) in [7, 11) is 3.19. The number of carbonyl (C=O) groups excluding carboxylic acids is 1. The molecule has 0 aliphatic rings. The van der Waals surface area contributed by atoms with Gasteiger partial charge in [-0.2, -0.15) is 5.10 Å². The van der Waals surface area contributed by atoms with Crippen LogP contribution in [-0.4, -0.2) is 40.0 Å². The van der Waals surface area contributed by atoms with Crippen LogP contribution in [0.2, 0.25) is 0 Å². The molecule has 0 saturated heterocycles. The summed E-state index contributed by atoms with van der Waals surface area (Å²) in [6.07, 6.45) is 1.53. The molecule has 2 aromatic heterocycles. The number of amides is 2. The number of nitrogens with zero attached hydrogens (tertiary/aromatic N) is 4. The number of fused-ring (bicyclic) bond motifs is 1. The average molecular weight is 521 g/mol. The summed E-state index contributed by atoms with van der Waals surface area (Å²) in [5.74, 6) is 1.18. The molecule has 3 N–H and O–H groups in total. The number of rotatable bonds is 7. The van der Waals surface area contributed by atoms with Crippen molar-refractivity contribution in [2.24, 2.45) is 5.73 Å². The first-order valence-electron chi connectivity index (χ1n) is 11.9. The molecule has 37 heavy (non-hydrogen) atoms. The fourth-order valence-electron chi connectivity index (χ4n) is 4.00. The summed E-state index contributed by atoms with van der Waals surface area (Å²) in [6.45, 7) is 10.5. The molecule has 0 atom stereocenters. The maximum Gasteiger partial charge on any atom is 0.316 e. The van der Waals surface area contributed by atoms with E-state index in [1.165, 1.54) is 18.1 Å². The Hall–Kier alpha value is -3.79. The lowest BCUT2D eigenvalue weighted by Crippen LogP contribution is -2.20. The molecule has 0 saturated carbocycles. The second-order valence-corrected chi connectivity index (χ2v) is 10.9. The maximum atomic E-state index is 11.9. The minimum atomic E-state index is -0.639. The number of aromatic nitrogens is 4. The van der Waals surface area contributed by atoms with E-state index in [4.69, 9.17) is 20.3 Å². The highest BCUT2D eigenvalue weighted by molar-refractivity contribution is 7.99. The summed E-state index contributed by atoms with van der Waals surface area (Å²) >= 11 is 1.47. The predicted octanol–water partition coefficient (Wildman–Crippen LogP) is 6.03. The van der Waals surface area contributed by atoms with Crippen LogP contribution in [0.1, 0.15) is 46.4 Å². The van der Waals surface area contributed by atoms with E-state index >= 15 is 0 Å². The number of primary amides is 1. The van der Waals surface area contributed by atoms with Crippen molar-refractivity contribution in [3.05, 3.63) is 48.4 Å². The first kappa shape index (κ1) is 26.3. The lowest BCUT2D eigenvalue weighted by Gasteiger charge is -2.18. The van der Waals surface area contributed by atoms with Gasteiger partial charge in [0.15, 0.2) is 11.5 Å². The number of carbonyl (C=O) groups is 1. The van der Waals surface area contributed by atoms with E-state index in [1.54, 1.807) is 14.2 Å². The molecule has 9 nitrogen and oxygen atoms in total. The van der Waals surface area contributed by atoms with Gasteiger partial charge in [-0.25, -0.2) is 14.8 Å². The van der Waals surface area contributed by atoms with E-state index in [2.05, 4.69) is 56.0 Å². The van der Waals surface area contributed by atoms with Crippen molar-refractivity contribution >= 4 is 34.4 Å². The van der Waals surface area contributed by atoms with Crippen LogP contribution in [0.4, 0.5) is 10.5 Å². The highest BCUT2D eigenvalue weighted by Crippen LogP contribution is 2.44. The zero-order valence-corrected chi connectivity index (χ0v) is 22.9. The van der Waals surface area contributed by atoms with Gasteiger partial charge in [0.2, 0.25) is 0 Å². The quantitative estimate of drug-likeness (QED) is 0.286. The van der Waals surface area contributed by atoms with Gasteiger partial charge >= 0.3 is 6.03 Å². The van der Waals surface area contributed by atoms with Gasteiger partial charge in [-0.3, -0.25) is 4.68 Å². The molecule has 2 heterocycles. The molecule has 0 unspecified atom stereocenters. The second-order valence-electron chi connectivity index (χ2n) is 9.88. The van der Waals surface area contributed by atoms with Gasteiger partial charge in [-0.1, -0.05) is 38.6 Å². The molecule has 0 bridgehead atoms. The van der Waals surface area contributed by atoms with Gasteiger partial charge in [-0.05, 0) is 38.1 Å². The van der Waals surface area contributed by atoms with Crippen molar-refractivity contribution in [2.75, 3.05) is 19.5 Å². The number of benzene rings is 2. The monoisotopic (exact) mass is 520 g/mol. The highest BCUT2D eigenvalue weighted by Gasteiger charge is 2.25. The van der Waals surface area contributed by atoms with Gasteiger partial charge in [0.1, 0.15) is 11.4 Å². The highest BCUT2D eigenvalue weighted by atomic mass is 32.2. The fourth-order valence-corrected chi connectivity index (χ4v) is 5.05. The Kier molecular flexibility index (Phi) is 7.31. The van der Waals surface area contributed by atoms with Crippen molar-refractivity contribution in [3.63, 3.8) is 0 Å². The fraction of sp³-hybridized carbons (Fsp3) is 0.333. The Morgan fingerprint density at radius 1 is 1.08 bits per heavy atom. The first-order chi connectivity index (χ1) is 17.5. The Bertz CT molecular complexity index is 1460. The van der Waals surface area contributed by atoms with Gasteiger partial charge in [0.05, 0.1) is 36.8 Å². The van der Waals surface area contributed by atoms with Crippen LogP contribution in [0, 0.1) is 0 Å². The van der Waals surface area contributed by atoms with E-state index in [0.29, 0.717) is 17.2 Å². The molecule has 4 aromatic rings. The minimum Gasteiger partial charge on any atom is -0.493 e. The van der Waals surface area contributed by atoms with Crippen molar-refractivity contribution in [1.29, 1.82) is 0 Å². The minimum absolute atomic E-state index is 0.0854. The number of urea groups is 1. The van der Waals surface area contributed by atoms with E-state index in [0.717, 1.165) is 37.8 Å². The van der Waals surface area contributed by atoms with Gasteiger partial charge in [0.25, 0.3) is 0 Å². The molecule has 0 radical (unpaired) electrons. The number of hydrogen-bond donors (Lipinski definition) is 2. The molecular weight excluding hydrogens is 488 g/mol. The van der Waals surface area contributed by atoms with Crippen LogP contribution in [0.3, 0.4) is 0 Å². The molecule has 10 heteroatoms. The van der Waals surface area contributed by atoms with E-state index in [-0.39, 0.29) is 11.5 Å². The standard InChI is InChI=1S/C27H32N6O3S/c1-15(2)33-19(13-23(32-33)27(3,4)5)24-17(31-26(28)34)9-8-10-22(24)37-25-16-11-20(35-6)21(36-7)12-18(16)29-14-30-25/h8-15H,1-7H3,(H3,28,31,34). The molecule has 2 amide bonds. The van der Waals surface area contributed by atoms with Gasteiger partial charge < -0.3 is 20.5 Å². The summed E-state index contributed by atoms with van der Waals surface area (Å²) < 4.78 is 12.9. The molecule has 0 aliphatic heterocycles. The van der Waals surface area contributed by atoms with Crippen LogP contribution in [0.5, 0.6) is 11.5 Å². The number of nitrogens with one attached hydrogen (secondary N) is 1. The molecule has 4 rings (SSSR count). The Morgan fingerprint density at radius 3 is 2.41 bits per heavy atom. The Morgan fingerprint density at radius 2 is 1.78 bits per heavy atom. The second kappa shape index (κ2) is 10.3. The number of ether oxygens (including phenoxy) is 2. The molecule has 194 valence electrons. The Labute approximate surface area is 220 Å². The van der Waals surface area contributed by atoms with E-state index in [1.807, 2.05) is 35.0 Å². The van der Waals surface area contributed by atoms with Gasteiger partial charge in [0, 0.05) is 33.4 Å². The molecule has 2 aromatic carbocycles. The smallest absolute Gasteiger partial charge is 0.316 e. The molecule has 0 spiro atoms. The number of anilines is 1. The van der Waals surface area contributed by atoms with Crippen LogP contribution >= 0.6 is 11.8 Å². The van der Waals surface area contributed by atoms with Crippen molar-refractivity contribution < 1.29 is 14.3 Å². The van der Waals surface area contributed by atoms with E-state index in [9.17, 15) is 4.79 Å². The van der Waals surface area contributed by atoms with Crippen LogP contribution in [0.25, 0.3) is 22.2 Å². The third-order valence-electron chi connectivity index (χ3n) is 5.84. The third-order valence-corrected chi connectivity index (χ3v) is 6.92. The third kappa shape index (κ3) is 5.34. The molecular formula is C27H32N6O3S. The number of hydrogen-bond acceptors (Lipinski definition) is 7. The molecule has 0 fully saturated rings. The van der Waals surface area contributed by atoms with Crippen molar-refractivity contribution in [2.45, 2.75) is 56.0 Å². The van der Waals surface area contributed by atoms with Gasteiger partial charge in [-0.15, -0.1) is 0 Å². The van der Waals surface area contributed by atoms with E-state index < -0.39 is 6.03 Å². The number of nitrogens with two attached hydrogens (primary N) is 1. The summed E-state index contributed by atoms with van der Waals surface area (Å²) in [4.78, 5) is 21.8. The average Bonchev–Trinajstić information content (AvgIpc) is 3.29. The predicted molar refractivity (Wildman–Crippen MR) is 147 cm³/mol. The SMILES string of the molecule is COc1cc2ncnc(Sc3cccc(NC(N)=O)c3-c3cc(C(C)(C)C)nn3C(C)C)c2cc1OC. The first-order valence-corrected chi connectivity index (χ1v) is 12.7. The maximum absolute atomic E-state index is 11.9. The normalized spacial score (nSPS) is 11.7. The largest absolute Gasteiger partial charge is 0.493 e. The zero-order chi connectivity index (χ0) is 26.9. The van der Waals surface area contributed by atoms with Crippen LogP contribution in [-0.2, 0) is 5.41 Å². The summed E-state index contributed by atoms with van der Waals surface area (Å²) in [5, 5.41) is 9.27. The molecule has 0 aliphatic carbocycles. The van der Waals surface area contributed by atoms with Crippen LogP contribution in [0.15, 0.2) is 52.6 Å². The zero-order valence-electron chi connectivity index (χ0n) is 22.1. The lowest BCUT2D eigenvalue weighted by molar-refractivity contribution is 0.259. The summed E-state index contributed by atoms with van der Waals surface area (Å²) in [6, 6.07) is 10.9. The van der Waals surface area contributed by atoms with Crippen LogP contribution < -0.4 is 20.5 Å². The topological polar surface area (TPSA) is 117 Å². The van der Waals surface area contributed by atoms with Crippen molar-refractivity contribution in [1.82, 2.24) is 19.7 Å². The lowest BCUT2D eigenvalue weighted by atomic mass is 9.92. The summed E-state index contributed by atoms with van der Waals surface area (Å²) in [5.41, 5.74) is 9.36.